The van der Waals surface area contributed by atoms with Gasteiger partial charge < -0.3 is 25.5 Å². The molecule has 2 atom stereocenters. The Hall–Kier alpha value is -1.55. The number of hydrogen-bond donors (Lipinski definition) is 5. The molecule has 34 heavy (non-hydrogen) atoms. The molecule has 5 N–H and O–H groups in total. The number of β-amino-alcohol motifs (C(OH)–C–C–N with tert-alkyl or cyclic N) is 2. The molecule has 4 rings (SSSR count). The van der Waals surface area contributed by atoms with E-state index in [-0.39, 0.29) is 25.0 Å². The van der Waals surface area contributed by atoms with Crippen molar-refractivity contribution >= 4 is 11.6 Å². The molecule has 1 aliphatic carbocycles. The highest BCUT2D eigenvalue weighted by molar-refractivity contribution is 6.30. The zero-order valence-corrected chi connectivity index (χ0v) is 21.7. The number of piperazine rings is 1. The standard InChI is InChI=1S/C22H27ClN2O5.2C2H6/c1-20(2)12-24(13-21(26,27)25(20)22(28,29)30)19-11-17(14-6-4-3-5-7-14)16-9-8-15(23)10-18(16)19;2*1-2/h3-10,17,19,26-30H,11-13H2,1-2H3;2*1-2H3/t17-,19+;;/m0../s1. The van der Waals surface area contributed by atoms with Gasteiger partial charge in [-0.05, 0) is 49.1 Å². The smallest absolute Gasteiger partial charge is 0.350 e. The van der Waals surface area contributed by atoms with Gasteiger partial charge in [-0.25, -0.2) is 0 Å². The summed E-state index contributed by atoms with van der Waals surface area (Å²) in [5.74, 6) is -2.53. The summed E-state index contributed by atoms with van der Waals surface area (Å²) in [4.78, 5) is 2.41. The Kier molecular flexibility index (Phi) is 9.29. The number of benzene rings is 2. The molecule has 1 saturated heterocycles. The molecule has 8 heteroatoms. The van der Waals surface area contributed by atoms with E-state index in [1.54, 1.807) is 13.8 Å². The third-order valence-electron chi connectivity index (χ3n) is 6.15. The van der Waals surface area contributed by atoms with Crippen LogP contribution in [0.3, 0.4) is 0 Å². The molecule has 0 spiro atoms. The molecule has 0 bridgehead atoms. The number of nitrogens with zero attached hydrogens (tertiary/aromatic N) is 2. The van der Waals surface area contributed by atoms with Gasteiger partial charge in [0.1, 0.15) is 0 Å². The van der Waals surface area contributed by atoms with Crippen molar-refractivity contribution in [1.29, 1.82) is 0 Å². The predicted molar refractivity (Wildman–Crippen MR) is 134 cm³/mol. The van der Waals surface area contributed by atoms with E-state index in [2.05, 4.69) is 12.1 Å². The molecule has 7 nitrogen and oxygen atoms in total. The molecule has 0 aromatic heterocycles. The first kappa shape index (κ1) is 28.7. The molecule has 2 aromatic rings. The van der Waals surface area contributed by atoms with Gasteiger partial charge in [0, 0.05) is 29.1 Å². The van der Waals surface area contributed by atoms with Crippen LogP contribution in [0.5, 0.6) is 0 Å². The van der Waals surface area contributed by atoms with Gasteiger partial charge in [-0.1, -0.05) is 75.7 Å². The summed E-state index contributed by atoms with van der Waals surface area (Å²) in [5, 5.41) is 51.1. The van der Waals surface area contributed by atoms with Crippen molar-refractivity contribution in [3.63, 3.8) is 0 Å². The quantitative estimate of drug-likeness (QED) is 0.415. The molecule has 0 amide bonds. The van der Waals surface area contributed by atoms with Crippen LogP contribution in [0.4, 0.5) is 0 Å². The summed E-state index contributed by atoms with van der Waals surface area (Å²) < 4.78 is 0. The molecule has 0 radical (unpaired) electrons. The van der Waals surface area contributed by atoms with E-state index >= 15 is 0 Å². The van der Waals surface area contributed by atoms with Crippen LogP contribution in [-0.4, -0.2) is 66.0 Å². The highest BCUT2D eigenvalue weighted by Gasteiger charge is 2.58. The van der Waals surface area contributed by atoms with Gasteiger partial charge in [0.2, 0.25) is 5.91 Å². The summed E-state index contributed by atoms with van der Waals surface area (Å²) >= 11 is 6.29. The van der Waals surface area contributed by atoms with Crippen LogP contribution < -0.4 is 0 Å². The van der Waals surface area contributed by atoms with Crippen molar-refractivity contribution in [1.82, 2.24) is 9.80 Å². The van der Waals surface area contributed by atoms with Crippen molar-refractivity contribution in [3.8, 4) is 0 Å². The summed E-state index contributed by atoms with van der Waals surface area (Å²) in [6.45, 7) is 11.2. The fourth-order valence-corrected chi connectivity index (χ4v) is 5.47. The van der Waals surface area contributed by atoms with Crippen molar-refractivity contribution in [2.24, 2.45) is 0 Å². The maximum atomic E-state index is 10.7. The van der Waals surface area contributed by atoms with Gasteiger partial charge in [0.15, 0.2) is 0 Å². The Bertz CT molecular complexity index is 913. The molecule has 0 unspecified atom stereocenters. The Labute approximate surface area is 207 Å². The Morgan fingerprint density at radius 1 is 0.882 bits per heavy atom. The van der Waals surface area contributed by atoms with Gasteiger partial charge in [0.05, 0.1) is 6.54 Å². The molecule has 190 valence electrons. The van der Waals surface area contributed by atoms with Gasteiger partial charge >= 0.3 is 6.10 Å². The lowest BCUT2D eigenvalue weighted by molar-refractivity contribution is -0.489. The summed E-state index contributed by atoms with van der Waals surface area (Å²) in [5.41, 5.74) is 2.16. The molecular weight excluding hydrogens is 456 g/mol. The lowest BCUT2D eigenvalue weighted by Gasteiger charge is -2.56. The second-order valence-corrected chi connectivity index (χ2v) is 9.35. The summed E-state index contributed by atoms with van der Waals surface area (Å²) in [6, 6.07) is 15.7. The normalized spacial score (nSPS) is 23.8. The number of aliphatic hydroxyl groups is 5. The van der Waals surface area contributed by atoms with Crippen LogP contribution in [0.1, 0.15) is 76.6 Å². The summed E-state index contributed by atoms with van der Waals surface area (Å²) in [6.07, 6.45) is -2.66. The Balaban J connectivity index is 0.000000970. The Morgan fingerprint density at radius 3 is 2.00 bits per heavy atom. The first-order valence-corrected chi connectivity index (χ1v) is 12.3. The van der Waals surface area contributed by atoms with Crippen molar-refractivity contribution < 1.29 is 25.5 Å². The second kappa shape index (κ2) is 11.0. The van der Waals surface area contributed by atoms with Gasteiger partial charge in [-0.15, -0.1) is 0 Å². The van der Waals surface area contributed by atoms with Crippen LogP contribution in [0, 0.1) is 0 Å². The largest absolute Gasteiger partial charge is 0.352 e. The third kappa shape index (κ3) is 5.80. The fourth-order valence-electron chi connectivity index (χ4n) is 5.29. The lowest BCUT2D eigenvalue weighted by Crippen LogP contribution is -2.77. The second-order valence-electron chi connectivity index (χ2n) is 8.92. The average molecular weight is 495 g/mol. The monoisotopic (exact) mass is 494 g/mol. The van der Waals surface area contributed by atoms with Gasteiger partial charge in [0.25, 0.3) is 0 Å². The number of halogens is 1. The maximum absolute atomic E-state index is 10.7. The number of hydrogen-bond acceptors (Lipinski definition) is 7. The minimum Gasteiger partial charge on any atom is -0.352 e. The van der Waals surface area contributed by atoms with Crippen LogP contribution in [0.2, 0.25) is 5.02 Å². The first-order valence-electron chi connectivity index (χ1n) is 11.9. The zero-order chi connectivity index (χ0) is 25.9. The predicted octanol–water partition coefficient (Wildman–Crippen LogP) is 3.59. The minimum absolute atomic E-state index is 0.129. The van der Waals surface area contributed by atoms with Crippen LogP contribution in [0.15, 0.2) is 48.5 Å². The number of rotatable bonds is 3. The van der Waals surface area contributed by atoms with E-state index in [0.29, 0.717) is 16.3 Å². The van der Waals surface area contributed by atoms with Crippen LogP contribution in [0.25, 0.3) is 0 Å². The summed E-state index contributed by atoms with van der Waals surface area (Å²) in [7, 11) is 0. The van der Waals surface area contributed by atoms with Crippen LogP contribution in [-0.2, 0) is 0 Å². The highest BCUT2D eigenvalue weighted by atomic mass is 35.5. The van der Waals surface area contributed by atoms with Gasteiger partial charge in [-0.2, -0.15) is 4.90 Å². The fraction of sp³-hybridized carbons (Fsp3) is 0.538. The van der Waals surface area contributed by atoms with E-state index in [1.165, 1.54) is 5.56 Å². The number of fused-ring (bicyclic) bond motifs is 1. The molecule has 1 aliphatic heterocycles. The van der Waals surface area contributed by atoms with Crippen molar-refractivity contribution in [3.05, 3.63) is 70.2 Å². The minimum atomic E-state index is -3.37. The molecular formula is C26H39ClN2O5. The molecule has 2 aromatic carbocycles. The SMILES string of the molecule is CC.CC.CC1(C)CN([C@@H]2C[C@@H](c3ccccc3)c3ccc(Cl)cc32)CC(O)(O)N1C(O)(O)O. The molecule has 2 aliphatic rings. The molecule has 1 heterocycles. The van der Waals surface area contributed by atoms with E-state index < -0.39 is 17.5 Å². The third-order valence-corrected chi connectivity index (χ3v) is 6.39. The lowest BCUT2D eigenvalue weighted by atomic mass is 9.92. The van der Waals surface area contributed by atoms with Crippen LogP contribution >= 0.6 is 11.6 Å². The highest BCUT2D eigenvalue weighted by Crippen LogP contribution is 2.49. The van der Waals surface area contributed by atoms with E-state index in [4.69, 9.17) is 11.6 Å². The van der Waals surface area contributed by atoms with Gasteiger partial charge in [-0.3, -0.25) is 4.90 Å². The van der Waals surface area contributed by atoms with Crippen molar-refractivity contribution in [2.45, 2.75) is 77.5 Å². The van der Waals surface area contributed by atoms with E-state index in [9.17, 15) is 25.5 Å². The first-order chi connectivity index (χ1) is 15.9. The molecule has 0 saturated carbocycles. The topological polar surface area (TPSA) is 108 Å². The Morgan fingerprint density at radius 2 is 1.47 bits per heavy atom. The average Bonchev–Trinajstić information content (AvgIpc) is 3.13. The van der Waals surface area contributed by atoms with E-state index in [0.717, 1.165) is 11.1 Å². The maximum Gasteiger partial charge on any atom is 0.350 e. The zero-order valence-electron chi connectivity index (χ0n) is 20.9. The molecule has 1 fully saturated rings. The van der Waals surface area contributed by atoms with Crippen molar-refractivity contribution in [2.75, 3.05) is 13.1 Å². The van der Waals surface area contributed by atoms with E-state index in [1.807, 2.05) is 69.0 Å².